The number of hydrogen-bond acceptors (Lipinski definition) is 0. The predicted molar refractivity (Wildman–Crippen MR) is 84.7 cm³/mol. The zero-order chi connectivity index (χ0) is 14.1. The molecule has 0 saturated carbocycles. The van der Waals surface area contributed by atoms with E-state index in [1.165, 1.54) is 19.3 Å². The third kappa shape index (κ3) is 5.18. The Morgan fingerprint density at radius 2 is 1.44 bits per heavy atom. The van der Waals surface area contributed by atoms with Crippen LogP contribution >= 0.6 is 0 Å². The average Bonchev–Trinajstić information content (AvgIpc) is 2.39. The molecule has 0 atom stereocenters. The second-order valence-electron chi connectivity index (χ2n) is 4.58. The van der Waals surface area contributed by atoms with Crippen LogP contribution in [0.5, 0.6) is 0 Å². The van der Waals surface area contributed by atoms with Gasteiger partial charge in [-0.1, -0.05) is 71.7 Å². The summed E-state index contributed by atoms with van der Waals surface area (Å²) in [4.78, 5) is 0. The predicted octanol–water partition coefficient (Wildman–Crippen LogP) is 5.92. The first kappa shape index (κ1) is 16.4. The summed E-state index contributed by atoms with van der Waals surface area (Å²) in [6, 6.07) is 0. The number of rotatable bonds is 10. The van der Waals surface area contributed by atoms with Crippen LogP contribution < -0.4 is 0 Å². The third-order valence-corrected chi connectivity index (χ3v) is 3.12. The van der Waals surface area contributed by atoms with Gasteiger partial charge < -0.3 is 0 Å². The molecule has 0 unspecified atom stereocenters. The molecule has 18 heavy (non-hydrogen) atoms. The van der Waals surface area contributed by atoms with Gasteiger partial charge in [0.25, 0.3) is 0 Å². The molecule has 0 saturated heterocycles. The molecule has 0 aliphatic carbocycles. The Kier molecular flexibility index (Phi) is 7.78. The maximum atomic E-state index is 4.08. The van der Waals surface area contributed by atoms with Gasteiger partial charge in [-0.2, -0.15) is 0 Å². The van der Waals surface area contributed by atoms with Crippen LogP contribution in [0, 0.1) is 0 Å². The van der Waals surface area contributed by atoms with Crippen molar-refractivity contribution in [3.05, 3.63) is 73.4 Å². The SMILES string of the molecule is C=CC(=C)C(=C)C(=C)C(=C)C(=C)CCCCCC. The maximum Gasteiger partial charge on any atom is -0.0187 e. The summed E-state index contributed by atoms with van der Waals surface area (Å²) in [7, 11) is 0. The molecular formula is C18H26. The lowest BCUT2D eigenvalue weighted by atomic mass is 9.90. The van der Waals surface area contributed by atoms with E-state index in [1.807, 2.05) is 0 Å². The Morgan fingerprint density at radius 3 is 1.94 bits per heavy atom. The van der Waals surface area contributed by atoms with Crippen LogP contribution in [0.1, 0.15) is 39.0 Å². The monoisotopic (exact) mass is 242 g/mol. The van der Waals surface area contributed by atoms with Gasteiger partial charge in [0.2, 0.25) is 0 Å². The van der Waals surface area contributed by atoms with Crippen molar-refractivity contribution >= 4 is 0 Å². The topological polar surface area (TPSA) is 0 Å². The first-order valence-electron chi connectivity index (χ1n) is 6.53. The van der Waals surface area contributed by atoms with E-state index in [1.54, 1.807) is 6.08 Å². The minimum absolute atomic E-state index is 0.792. The molecule has 0 aliphatic rings. The van der Waals surface area contributed by atoms with Crippen LogP contribution in [-0.4, -0.2) is 0 Å². The Bertz CT molecular complexity index is 377. The van der Waals surface area contributed by atoms with E-state index in [4.69, 9.17) is 0 Å². The maximum absolute atomic E-state index is 4.08. The smallest absolute Gasteiger partial charge is 0.0187 e. The number of hydrogen-bond donors (Lipinski definition) is 0. The fraction of sp³-hybridized carbons (Fsp3) is 0.333. The average molecular weight is 242 g/mol. The number of unbranched alkanes of at least 4 members (excludes halogenated alkanes) is 3. The van der Waals surface area contributed by atoms with Crippen LogP contribution in [0.2, 0.25) is 0 Å². The van der Waals surface area contributed by atoms with E-state index in [0.717, 1.165) is 40.7 Å². The van der Waals surface area contributed by atoms with Gasteiger partial charge in [-0.25, -0.2) is 0 Å². The Morgan fingerprint density at radius 1 is 0.833 bits per heavy atom. The highest BCUT2D eigenvalue weighted by atomic mass is 14.1. The first-order chi connectivity index (χ1) is 8.45. The molecule has 0 aliphatic heterocycles. The van der Waals surface area contributed by atoms with E-state index in [9.17, 15) is 0 Å². The van der Waals surface area contributed by atoms with Gasteiger partial charge in [-0.05, 0) is 40.7 Å². The van der Waals surface area contributed by atoms with Gasteiger partial charge in [0.05, 0.1) is 0 Å². The molecule has 0 spiro atoms. The standard InChI is InChI=1S/C18H26/c1-8-10-11-12-13-15(4)17(6)18(7)16(5)14(3)9-2/h9H,2-8,10-13H2,1H3. The molecular weight excluding hydrogens is 216 g/mol. The summed E-state index contributed by atoms with van der Waals surface area (Å²) in [5, 5.41) is 0. The highest BCUT2D eigenvalue weighted by molar-refractivity contribution is 5.59. The third-order valence-electron chi connectivity index (χ3n) is 3.12. The lowest BCUT2D eigenvalue weighted by molar-refractivity contribution is 0.667. The molecule has 0 heterocycles. The molecule has 0 aromatic rings. The quantitative estimate of drug-likeness (QED) is 0.329. The first-order valence-corrected chi connectivity index (χ1v) is 6.53. The van der Waals surface area contributed by atoms with Crippen LogP contribution in [0.25, 0.3) is 0 Å². The molecule has 0 nitrogen and oxygen atoms in total. The van der Waals surface area contributed by atoms with Crippen molar-refractivity contribution in [2.45, 2.75) is 39.0 Å². The van der Waals surface area contributed by atoms with Crippen molar-refractivity contribution in [3.8, 4) is 0 Å². The van der Waals surface area contributed by atoms with Gasteiger partial charge in [0.15, 0.2) is 0 Å². The minimum Gasteiger partial charge on any atom is -0.0985 e. The van der Waals surface area contributed by atoms with Gasteiger partial charge in [0, 0.05) is 0 Å². The zero-order valence-electron chi connectivity index (χ0n) is 11.9. The summed E-state index contributed by atoms with van der Waals surface area (Å²) in [6.45, 7) is 25.9. The molecule has 0 bridgehead atoms. The summed E-state index contributed by atoms with van der Waals surface area (Å²) in [6.07, 6.45) is 7.59. The Labute approximate surface area is 113 Å². The lowest BCUT2D eigenvalue weighted by Gasteiger charge is -2.14. The van der Waals surface area contributed by atoms with E-state index in [0.29, 0.717) is 0 Å². The molecule has 0 fully saturated rings. The summed E-state index contributed by atoms with van der Waals surface area (Å²) in [5.74, 6) is 0. The van der Waals surface area contributed by atoms with Crippen molar-refractivity contribution in [2.24, 2.45) is 0 Å². The normalized spacial score (nSPS) is 9.61. The van der Waals surface area contributed by atoms with Crippen molar-refractivity contribution < 1.29 is 0 Å². The summed E-state index contributed by atoms with van der Waals surface area (Å²) in [5.41, 5.74) is 4.35. The van der Waals surface area contributed by atoms with Crippen LogP contribution in [-0.2, 0) is 0 Å². The van der Waals surface area contributed by atoms with E-state index < -0.39 is 0 Å². The molecule has 0 amide bonds. The fourth-order valence-electron chi connectivity index (χ4n) is 1.63. The van der Waals surface area contributed by atoms with E-state index >= 15 is 0 Å². The molecule has 0 rings (SSSR count). The van der Waals surface area contributed by atoms with Crippen molar-refractivity contribution in [1.29, 1.82) is 0 Å². The van der Waals surface area contributed by atoms with Crippen molar-refractivity contribution in [3.63, 3.8) is 0 Å². The lowest BCUT2D eigenvalue weighted by Crippen LogP contribution is -1.96. The molecule has 0 N–H and O–H groups in total. The van der Waals surface area contributed by atoms with Crippen molar-refractivity contribution in [2.75, 3.05) is 0 Å². The van der Waals surface area contributed by atoms with Crippen LogP contribution in [0.4, 0.5) is 0 Å². The largest absolute Gasteiger partial charge is 0.0985 e. The summed E-state index contributed by atoms with van der Waals surface area (Å²) >= 11 is 0. The minimum atomic E-state index is 0.792. The van der Waals surface area contributed by atoms with Gasteiger partial charge in [0.1, 0.15) is 0 Å². The highest BCUT2D eigenvalue weighted by Crippen LogP contribution is 2.27. The highest BCUT2D eigenvalue weighted by Gasteiger charge is 2.09. The molecule has 0 aromatic carbocycles. The Hall–Kier alpha value is -1.56. The molecule has 0 aromatic heterocycles. The summed E-state index contributed by atoms with van der Waals surface area (Å²) < 4.78 is 0. The van der Waals surface area contributed by atoms with Crippen LogP contribution in [0.15, 0.2) is 73.4 Å². The van der Waals surface area contributed by atoms with E-state index in [-0.39, 0.29) is 0 Å². The Balaban J connectivity index is 4.33. The molecule has 98 valence electrons. The van der Waals surface area contributed by atoms with Gasteiger partial charge >= 0.3 is 0 Å². The van der Waals surface area contributed by atoms with Crippen LogP contribution in [0.3, 0.4) is 0 Å². The fourth-order valence-corrected chi connectivity index (χ4v) is 1.63. The zero-order valence-corrected chi connectivity index (χ0v) is 11.9. The van der Waals surface area contributed by atoms with Gasteiger partial charge in [-0.15, -0.1) is 0 Å². The second-order valence-corrected chi connectivity index (χ2v) is 4.58. The molecule has 0 radical (unpaired) electrons. The van der Waals surface area contributed by atoms with E-state index in [2.05, 4.69) is 46.4 Å². The second kappa shape index (κ2) is 8.52. The van der Waals surface area contributed by atoms with Gasteiger partial charge in [-0.3, -0.25) is 0 Å². The number of allylic oxidation sites excluding steroid dienone is 6. The van der Waals surface area contributed by atoms with Crippen molar-refractivity contribution in [1.82, 2.24) is 0 Å². The molecule has 0 heteroatoms.